The van der Waals surface area contributed by atoms with Gasteiger partial charge in [-0.3, -0.25) is 9.59 Å². The molecule has 0 spiro atoms. The van der Waals surface area contributed by atoms with E-state index in [9.17, 15) is 19.8 Å². The van der Waals surface area contributed by atoms with Crippen LogP contribution in [0.5, 0.6) is 0 Å². The Bertz CT molecular complexity index is 1410. The summed E-state index contributed by atoms with van der Waals surface area (Å²) in [5.41, 5.74) is 4.97. The Morgan fingerprint density at radius 2 is 1.08 bits per heavy atom. The third-order valence-electron chi connectivity index (χ3n) is 17.5. The fraction of sp³-hybridized carbons (Fsp3) is 0.814. The molecule has 13 atom stereocenters. The molecular formula is C43H64AcO4. The number of carbonyl (C=O) groups is 2. The fourth-order valence-corrected chi connectivity index (χ4v) is 14.2. The van der Waals surface area contributed by atoms with Crippen LogP contribution in [-0.2, 0) is 9.59 Å². The van der Waals surface area contributed by atoms with Gasteiger partial charge in [0.2, 0.25) is 0 Å². The Labute approximate surface area is 327 Å². The maximum absolute atomic E-state index is 12.5. The second-order valence-electron chi connectivity index (χ2n) is 19.1. The van der Waals surface area contributed by atoms with Crippen molar-refractivity contribution in [3.8, 4) is 0 Å². The average molecular weight is 872 g/mol. The van der Waals surface area contributed by atoms with Crippen LogP contribution in [-0.4, -0.2) is 34.0 Å². The van der Waals surface area contributed by atoms with Crippen LogP contribution in [0.15, 0.2) is 34.9 Å². The number of carbonyl (C=O) groups excluding carboxylic acids is 2. The minimum Gasteiger partial charge on any atom is -0.393 e. The van der Waals surface area contributed by atoms with Crippen LogP contribution in [0.2, 0.25) is 0 Å². The van der Waals surface area contributed by atoms with E-state index in [0.717, 1.165) is 87.5 Å². The molecular weight excluding hydrogens is 807 g/mol. The monoisotopic (exact) mass is 872 g/mol. The number of ketones is 2. The van der Waals surface area contributed by atoms with Crippen molar-refractivity contribution in [3.05, 3.63) is 34.9 Å². The van der Waals surface area contributed by atoms with Crippen LogP contribution in [0.1, 0.15) is 145 Å². The topological polar surface area (TPSA) is 74.6 Å². The van der Waals surface area contributed by atoms with Crippen LogP contribution in [0, 0.1) is 107 Å². The van der Waals surface area contributed by atoms with Gasteiger partial charge >= 0.3 is 0 Å². The number of aliphatic hydroxyl groups is 2. The third-order valence-corrected chi connectivity index (χ3v) is 17.5. The smallest absolute Gasteiger partial charge is 0.156 e. The van der Waals surface area contributed by atoms with Crippen molar-refractivity contribution in [2.24, 2.45) is 62.6 Å². The zero-order valence-electron chi connectivity index (χ0n) is 31.2. The molecule has 7 unspecified atom stereocenters. The molecule has 0 aromatic rings. The molecule has 0 aromatic carbocycles. The molecule has 5 saturated carbocycles. The van der Waals surface area contributed by atoms with Crippen LogP contribution < -0.4 is 0 Å². The Morgan fingerprint density at radius 1 is 0.604 bits per heavy atom. The van der Waals surface area contributed by atoms with Crippen LogP contribution >= 0.6 is 0 Å². The van der Waals surface area contributed by atoms with Crippen LogP contribution in [0.3, 0.4) is 0 Å². The number of hydrogen-bond acceptors (Lipinski definition) is 4. The van der Waals surface area contributed by atoms with Gasteiger partial charge in [0.25, 0.3) is 0 Å². The van der Waals surface area contributed by atoms with E-state index >= 15 is 0 Å². The maximum atomic E-state index is 12.5. The van der Waals surface area contributed by atoms with E-state index in [1.807, 2.05) is 6.92 Å². The first-order valence-electron chi connectivity index (χ1n) is 19.6. The summed E-state index contributed by atoms with van der Waals surface area (Å²) in [7, 11) is 0. The van der Waals surface area contributed by atoms with Gasteiger partial charge in [0, 0.05) is 49.5 Å². The molecule has 0 bridgehead atoms. The van der Waals surface area contributed by atoms with Gasteiger partial charge in [-0.1, -0.05) is 64.0 Å². The van der Waals surface area contributed by atoms with Gasteiger partial charge in [0.05, 0.1) is 12.2 Å². The first-order chi connectivity index (χ1) is 22.1. The molecule has 1 radical (unpaired) electrons. The number of fused-ring (bicyclic) bond motifs is 10. The number of Topliss-reactive ketones (excluding diaryl/α,β-unsaturated/α-hetero) is 2. The quantitative estimate of drug-likeness (QED) is 0.272. The summed E-state index contributed by atoms with van der Waals surface area (Å²) in [5.74, 6) is 5.00. The predicted molar refractivity (Wildman–Crippen MR) is 188 cm³/mol. The van der Waals surface area contributed by atoms with Gasteiger partial charge in [0.1, 0.15) is 5.78 Å². The van der Waals surface area contributed by atoms with E-state index in [1.54, 1.807) is 12.5 Å². The minimum absolute atomic E-state index is 0. The molecule has 4 nitrogen and oxygen atoms in total. The summed E-state index contributed by atoms with van der Waals surface area (Å²) in [6.07, 6.45) is 23.5. The maximum Gasteiger partial charge on any atom is 0.156 e. The molecule has 5 fully saturated rings. The summed E-state index contributed by atoms with van der Waals surface area (Å²) in [4.78, 5) is 24.6. The number of aliphatic hydroxyl groups excluding tert-OH is 2. The fourth-order valence-electron chi connectivity index (χ4n) is 14.2. The second-order valence-corrected chi connectivity index (χ2v) is 19.1. The van der Waals surface area contributed by atoms with Gasteiger partial charge < -0.3 is 10.2 Å². The zero-order valence-corrected chi connectivity index (χ0v) is 36.0. The normalized spacial score (nSPS) is 50.1. The molecule has 263 valence electrons. The molecule has 0 saturated heterocycles. The van der Waals surface area contributed by atoms with Crippen molar-refractivity contribution >= 4 is 11.6 Å². The van der Waals surface area contributed by atoms with E-state index in [-0.39, 0.29) is 78.3 Å². The van der Waals surface area contributed by atoms with Crippen LogP contribution in [0.4, 0.5) is 0 Å². The van der Waals surface area contributed by atoms with Gasteiger partial charge in [-0.05, 0) is 173 Å². The summed E-state index contributed by atoms with van der Waals surface area (Å²) >= 11 is 0. The molecule has 2 N–H and O–H groups in total. The minimum atomic E-state index is -0.128. The van der Waals surface area contributed by atoms with Gasteiger partial charge in [-0.25, -0.2) is 0 Å². The molecule has 8 aliphatic carbocycles. The Hall–Kier alpha value is -0.0784. The van der Waals surface area contributed by atoms with Crippen molar-refractivity contribution in [1.82, 2.24) is 0 Å². The zero-order chi connectivity index (χ0) is 33.7. The van der Waals surface area contributed by atoms with E-state index < -0.39 is 0 Å². The SMILES string of the molecule is CC(=O)C1=CCC2C3CC=C4CC(O)CC[C@]4(C)C3CC[C@]12C.CC(=O)[C@@]1(C)CCC2C3CC=C4C[C@@H](O)CC[C@]4(C)C3CC[C@@]21C.[Ac]. The summed E-state index contributed by atoms with van der Waals surface area (Å²) < 4.78 is 0. The number of hydrogen-bond donors (Lipinski definition) is 2. The van der Waals surface area contributed by atoms with E-state index in [2.05, 4.69) is 52.8 Å². The van der Waals surface area contributed by atoms with Gasteiger partial charge in [-0.2, -0.15) is 0 Å². The Balaban J connectivity index is 0.000000164. The summed E-state index contributed by atoms with van der Waals surface area (Å²) in [6, 6.07) is 0. The molecule has 8 rings (SSSR count). The van der Waals surface area contributed by atoms with Gasteiger partial charge in [0.15, 0.2) is 5.78 Å². The van der Waals surface area contributed by atoms with Crippen molar-refractivity contribution in [2.75, 3.05) is 0 Å². The van der Waals surface area contributed by atoms with Crippen molar-refractivity contribution in [3.63, 3.8) is 0 Å². The average Bonchev–Trinajstić information content (AvgIpc) is 3.52. The first-order valence-corrected chi connectivity index (χ1v) is 19.6. The third kappa shape index (κ3) is 5.49. The first kappa shape index (κ1) is 37.7. The Kier molecular flexibility index (Phi) is 10.3. The molecule has 0 heterocycles. The molecule has 8 aliphatic rings. The standard InChI is InChI=1S/C22H34O2.C21H30O2.Ac/c1-14(23)21(3)11-9-19-17-6-5-15-13-16(24)7-10-20(15,2)18(17)8-12-22(19,21)4;1-13(22)17-6-7-18-16-5-4-14-12-15(23)8-10-20(14,2)19(16)9-11-21(17,18)3;/h5,16-19,24H,6-13H2,1-4H3;4,6,15-16,18-19,23H,5,7-12H2,1-3H3;/t16-,17?,18?,19?,20-,21+,22-;15?,16?,18?,19?,20-,21+;/m00./s1. The molecule has 5 heteroatoms. The second kappa shape index (κ2) is 13.1. The molecule has 0 amide bonds. The van der Waals surface area contributed by atoms with E-state index in [0.29, 0.717) is 34.4 Å². The van der Waals surface area contributed by atoms with Crippen molar-refractivity contribution in [2.45, 2.75) is 157 Å². The largest absolute Gasteiger partial charge is 0.393 e. The van der Waals surface area contributed by atoms with E-state index in [4.69, 9.17) is 0 Å². The van der Waals surface area contributed by atoms with Crippen LogP contribution in [0.25, 0.3) is 0 Å². The summed E-state index contributed by atoms with van der Waals surface area (Å²) in [5, 5.41) is 20.2. The Morgan fingerprint density at radius 3 is 1.60 bits per heavy atom. The molecule has 0 aromatic heterocycles. The van der Waals surface area contributed by atoms with Crippen molar-refractivity contribution in [1.29, 1.82) is 0 Å². The predicted octanol–water partition coefficient (Wildman–Crippen LogP) is 9.34. The molecule has 0 aliphatic heterocycles. The number of rotatable bonds is 2. The molecule has 48 heavy (non-hydrogen) atoms. The number of allylic oxidation sites excluding steroid dienone is 4. The van der Waals surface area contributed by atoms with Crippen molar-refractivity contribution < 1.29 is 63.9 Å². The van der Waals surface area contributed by atoms with Gasteiger partial charge in [-0.15, -0.1) is 0 Å². The summed E-state index contributed by atoms with van der Waals surface area (Å²) in [6.45, 7) is 15.5. The van der Waals surface area contributed by atoms with E-state index in [1.165, 1.54) is 37.7 Å².